The molecule has 5 heavy (non-hydrogen) atoms. The summed E-state index contributed by atoms with van der Waals surface area (Å²) in [6.45, 7) is 0. The predicted octanol–water partition coefficient (Wildman–Crippen LogP) is -5.93. The van der Waals surface area contributed by atoms with Gasteiger partial charge in [-0.2, -0.15) is 0 Å². The SMILES string of the molecule is [Ho].[O-][I+2]([O-])O. The molecule has 0 aromatic heterocycles. The maximum Gasteiger partial charge on any atom is 0.503 e. The Morgan fingerprint density at radius 3 is 1.40 bits per heavy atom. The molecule has 0 aliphatic carbocycles. The summed E-state index contributed by atoms with van der Waals surface area (Å²) in [6.07, 6.45) is 0. The molecule has 0 fully saturated rings. The third-order valence-electron chi connectivity index (χ3n) is 0. The fourth-order valence-electron chi connectivity index (χ4n) is 0. The second-order valence-electron chi connectivity index (χ2n) is 0.201. The van der Waals surface area contributed by atoms with E-state index in [1.807, 2.05) is 0 Å². The third-order valence-corrected chi connectivity index (χ3v) is 0. The van der Waals surface area contributed by atoms with Gasteiger partial charge in [-0.25, -0.2) is 0 Å². The Morgan fingerprint density at radius 2 is 1.40 bits per heavy atom. The quantitative estimate of drug-likeness (QED) is 0.353. The first kappa shape index (κ1) is 9.98. The second kappa shape index (κ2) is 5.87. The Balaban J connectivity index is 0. The van der Waals surface area contributed by atoms with Gasteiger partial charge in [-0.1, -0.05) is 0 Å². The van der Waals surface area contributed by atoms with Gasteiger partial charge in [-0.3, -0.25) is 0 Å². The molecule has 0 bridgehead atoms. The Labute approximate surface area is 68.0 Å². The van der Waals surface area contributed by atoms with Crippen LogP contribution in [-0.4, -0.2) is 3.44 Å². The fraction of sp³-hybridized carbons (Fsp3) is 0. The summed E-state index contributed by atoms with van der Waals surface area (Å²) in [4.78, 5) is 0. The minimum atomic E-state index is -3.76. The fourth-order valence-corrected chi connectivity index (χ4v) is 0. The van der Waals surface area contributed by atoms with Crippen molar-refractivity contribution in [2.75, 3.05) is 0 Å². The molecule has 3 nitrogen and oxygen atoms in total. The summed E-state index contributed by atoms with van der Waals surface area (Å²) < 4.78 is 24.5. The Kier molecular flexibility index (Phi) is 11.7. The molecule has 0 aliphatic heterocycles. The van der Waals surface area contributed by atoms with Crippen LogP contribution in [0.15, 0.2) is 0 Å². The number of hydrogen-bond donors (Lipinski definition) is 1. The van der Waals surface area contributed by atoms with Crippen molar-refractivity contribution in [3.05, 3.63) is 0 Å². The van der Waals surface area contributed by atoms with Gasteiger partial charge in [0.15, 0.2) is 0 Å². The second-order valence-corrected chi connectivity index (χ2v) is 1.35. The van der Waals surface area contributed by atoms with Gasteiger partial charge in [0.2, 0.25) is 0 Å². The molecule has 0 atom stereocenters. The van der Waals surface area contributed by atoms with Crippen LogP contribution in [0.5, 0.6) is 0 Å². The maximum absolute atomic E-state index is 8.68. The van der Waals surface area contributed by atoms with Crippen LogP contribution in [0.4, 0.5) is 0 Å². The van der Waals surface area contributed by atoms with Crippen LogP contribution in [-0.2, 0) is 0 Å². The van der Waals surface area contributed by atoms with Gasteiger partial charge in [0.05, 0.1) is 0 Å². The van der Waals surface area contributed by atoms with Crippen LogP contribution in [0.3, 0.4) is 0 Å². The largest absolute Gasteiger partial charge is 0.503 e. The van der Waals surface area contributed by atoms with E-state index in [4.69, 9.17) is 10.3 Å². The topological polar surface area (TPSA) is 66.3 Å². The van der Waals surface area contributed by atoms with Gasteiger partial charge in [0, 0.05) is 37.7 Å². The van der Waals surface area contributed by atoms with Crippen molar-refractivity contribution in [2.24, 2.45) is 0 Å². The summed E-state index contributed by atoms with van der Waals surface area (Å²) in [7, 11) is 0. The normalized spacial score (nSPS) is 7.20. The van der Waals surface area contributed by atoms with Crippen molar-refractivity contribution in [1.82, 2.24) is 0 Å². The molecule has 5 heteroatoms. The van der Waals surface area contributed by atoms with Crippen LogP contribution >= 0.6 is 0 Å². The molecule has 0 amide bonds. The number of halogens is 1. The first-order valence-electron chi connectivity index (χ1n) is 0.478. The summed E-state index contributed by atoms with van der Waals surface area (Å²) in [5.41, 5.74) is 0. The van der Waals surface area contributed by atoms with E-state index in [-0.39, 0.29) is 37.7 Å². The van der Waals surface area contributed by atoms with Gasteiger partial charge in [0.1, 0.15) is 0 Å². The molecule has 0 saturated carbocycles. The zero-order valence-electron chi connectivity index (χ0n) is 1.94. The van der Waals surface area contributed by atoms with Gasteiger partial charge in [-0.15, -0.1) is 0 Å². The smallest absolute Gasteiger partial charge is 0.396 e. The van der Waals surface area contributed by atoms with Crippen molar-refractivity contribution in [1.29, 1.82) is 0 Å². The number of hydrogen-bond acceptors (Lipinski definition) is 3. The average Bonchev–Trinajstić information content (AvgIpc) is 0.811. The molecule has 0 unspecified atom stereocenters. The van der Waals surface area contributed by atoms with Crippen molar-refractivity contribution in [2.45, 2.75) is 0 Å². The Morgan fingerprint density at radius 1 is 1.40 bits per heavy atom. The van der Waals surface area contributed by atoms with E-state index in [2.05, 4.69) is 0 Å². The maximum atomic E-state index is 8.68. The first-order valence-corrected chi connectivity index (χ1v) is 3.20. The van der Waals surface area contributed by atoms with E-state index < -0.39 is 21.1 Å². The summed E-state index contributed by atoms with van der Waals surface area (Å²) >= 11 is -3.76. The van der Waals surface area contributed by atoms with Crippen LogP contribution in [0.25, 0.3) is 0 Å². The predicted molar refractivity (Wildman–Crippen MR) is 2.22 cm³/mol. The van der Waals surface area contributed by atoms with Crippen LogP contribution in [0.2, 0.25) is 0 Å². The van der Waals surface area contributed by atoms with Gasteiger partial charge in [-0.05, 0) is 3.44 Å². The molecule has 0 aromatic carbocycles. The van der Waals surface area contributed by atoms with Gasteiger partial charge >= 0.3 is 21.1 Å². The molecular formula is HHoIO3. The Bertz CT molecular complexity index is 11.6. The van der Waals surface area contributed by atoms with Gasteiger partial charge in [0.25, 0.3) is 0 Å². The van der Waals surface area contributed by atoms with Gasteiger partial charge < -0.3 is 6.87 Å². The molecule has 0 rings (SSSR count). The first-order chi connectivity index (χ1) is 1.73. The molecule has 37 valence electrons. The molecule has 0 spiro atoms. The molecule has 0 saturated heterocycles. The minimum Gasteiger partial charge on any atom is -0.396 e. The van der Waals surface area contributed by atoms with Crippen LogP contribution in [0.1, 0.15) is 0 Å². The van der Waals surface area contributed by atoms with E-state index in [1.165, 1.54) is 0 Å². The van der Waals surface area contributed by atoms with E-state index in [0.717, 1.165) is 0 Å². The zero-order chi connectivity index (χ0) is 3.58. The zero-order valence-corrected chi connectivity index (χ0v) is 6.04. The third kappa shape index (κ3) is 25.1. The van der Waals surface area contributed by atoms with Crippen LogP contribution in [0, 0.1) is 37.7 Å². The minimum absolute atomic E-state index is 0. The Hall–Kier alpha value is 1.87. The monoisotopic (exact) mass is 341 g/mol. The van der Waals surface area contributed by atoms with Crippen molar-refractivity contribution >= 4 is 0 Å². The summed E-state index contributed by atoms with van der Waals surface area (Å²) in [5.74, 6) is 0. The van der Waals surface area contributed by atoms with E-state index in [1.54, 1.807) is 0 Å². The average molecular weight is 341 g/mol. The van der Waals surface area contributed by atoms with E-state index in [0.29, 0.717) is 0 Å². The molecule has 1 N–H and O–H groups in total. The van der Waals surface area contributed by atoms with E-state index >= 15 is 0 Å². The molecule has 0 aliphatic rings. The molecule has 1 radical (unpaired) electrons. The van der Waals surface area contributed by atoms with Crippen molar-refractivity contribution in [3.63, 3.8) is 0 Å². The molecule has 0 aromatic rings. The molecule has 0 heterocycles. The number of rotatable bonds is 0. The molecular weight excluding hydrogens is 340 g/mol. The standard InChI is InChI=1S/Ho.HIO3/c;2-1(3)4/h;2H. The summed E-state index contributed by atoms with van der Waals surface area (Å²) in [6, 6.07) is 0. The van der Waals surface area contributed by atoms with Crippen molar-refractivity contribution < 1.29 is 69.1 Å². The van der Waals surface area contributed by atoms with Crippen LogP contribution < -0.4 is 27.9 Å². The summed E-state index contributed by atoms with van der Waals surface area (Å²) in [5, 5.41) is 0. The van der Waals surface area contributed by atoms with Crippen molar-refractivity contribution in [3.8, 4) is 0 Å². The van der Waals surface area contributed by atoms with E-state index in [9.17, 15) is 0 Å².